The van der Waals surface area contributed by atoms with E-state index in [1.165, 1.54) is 18.5 Å². The molecule has 0 fully saturated rings. The number of anilines is 1. The average molecular weight is 292 g/mol. The SMILES string of the molecule is CCCCN(Cc1c(C)nn(C)c1Cl)c1ccccc1. The third-order valence-electron chi connectivity index (χ3n) is 3.52. The molecule has 1 heterocycles. The Morgan fingerprint density at radius 2 is 1.95 bits per heavy atom. The van der Waals surface area contributed by atoms with Crippen molar-refractivity contribution < 1.29 is 0 Å². The monoisotopic (exact) mass is 291 g/mol. The molecule has 0 atom stereocenters. The standard InChI is InChI=1S/C16H22ClN3/c1-4-5-11-20(14-9-7-6-8-10-14)12-15-13(2)18-19(3)16(15)17/h6-10H,4-5,11-12H2,1-3H3. The van der Waals surface area contributed by atoms with Gasteiger partial charge in [-0.25, -0.2) is 0 Å². The van der Waals surface area contributed by atoms with Crippen molar-refractivity contribution in [1.82, 2.24) is 9.78 Å². The van der Waals surface area contributed by atoms with Crippen LogP contribution >= 0.6 is 11.6 Å². The van der Waals surface area contributed by atoms with Crippen LogP contribution < -0.4 is 4.90 Å². The Kier molecular flexibility index (Phi) is 5.07. The Morgan fingerprint density at radius 3 is 2.50 bits per heavy atom. The third-order valence-corrected chi connectivity index (χ3v) is 3.99. The van der Waals surface area contributed by atoms with Crippen molar-refractivity contribution in [3.63, 3.8) is 0 Å². The summed E-state index contributed by atoms with van der Waals surface area (Å²) in [6.45, 7) is 6.07. The summed E-state index contributed by atoms with van der Waals surface area (Å²) in [6, 6.07) is 10.5. The molecule has 0 N–H and O–H groups in total. The maximum Gasteiger partial charge on any atom is 0.131 e. The molecule has 0 unspecified atom stereocenters. The topological polar surface area (TPSA) is 21.1 Å². The minimum atomic E-state index is 0.736. The summed E-state index contributed by atoms with van der Waals surface area (Å²) in [7, 11) is 1.89. The molecule has 20 heavy (non-hydrogen) atoms. The fourth-order valence-corrected chi connectivity index (χ4v) is 2.57. The molecule has 0 spiro atoms. The zero-order valence-electron chi connectivity index (χ0n) is 12.4. The van der Waals surface area contributed by atoms with Crippen molar-refractivity contribution in [1.29, 1.82) is 0 Å². The number of aryl methyl sites for hydroxylation is 2. The van der Waals surface area contributed by atoms with Crippen molar-refractivity contribution in [3.8, 4) is 0 Å². The second-order valence-electron chi connectivity index (χ2n) is 5.09. The van der Waals surface area contributed by atoms with Gasteiger partial charge >= 0.3 is 0 Å². The molecule has 3 nitrogen and oxygen atoms in total. The number of para-hydroxylation sites is 1. The highest BCUT2D eigenvalue weighted by Gasteiger charge is 2.15. The predicted molar refractivity (Wildman–Crippen MR) is 85.4 cm³/mol. The van der Waals surface area contributed by atoms with Gasteiger partial charge in [0.2, 0.25) is 0 Å². The maximum atomic E-state index is 6.35. The Hall–Kier alpha value is -1.48. The summed E-state index contributed by atoms with van der Waals surface area (Å²) in [5.74, 6) is 0. The van der Waals surface area contributed by atoms with Crippen LogP contribution in [0.4, 0.5) is 5.69 Å². The minimum absolute atomic E-state index is 0.736. The molecule has 0 aliphatic carbocycles. The van der Waals surface area contributed by atoms with Gasteiger partial charge in [-0.2, -0.15) is 5.10 Å². The number of aromatic nitrogens is 2. The molecule has 0 amide bonds. The van der Waals surface area contributed by atoms with Crippen LogP contribution in [0.5, 0.6) is 0 Å². The van der Waals surface area contributed by atoms with E-state index in [0.717, 1.165) is 29.5 Å². The van der Waals surface area contributed by atoms with Gasteiger partial charge in [-0.1, -0.05) is 43.1 Å². The van der Waals surface area contributed by atoms with E-state index < -0.39 is 0 Å². The predicted octanol–water partition coefficient (Wildman–Crippen LogP) is 4.19. The number of nitrogens with zero attached hydrogens (tertiary/aromatic N) is 3. The van der Waals surface area contributed by atoms with Gasteiger partial charge in [0.05, 0.1) is 5.69 Å². The van der Waals surface area contributed by atoms with E-state index in [1.807, 2.05) is 20.0 Å². The van der Waals surface area contributed by atoms with Crippen LogP contribution in [0.15, 0.2) is 30.3 Å². The van der Waals surface area contributed by atoms with Gasteiger partial charge in [0.25, 0.3) is 0 Å². The van der Waals surface area contributed by atoms with Crippen molar-refractivity contribution in [2.75, 3.05) is 11.4 Å². The zero-order chi connectivity index (χ0) is 14.5. The number of hydrogen-bond donors (Lipinski definition) is 0. The van der Waals surface area contributed by atoms with E-state index in [1.54, 1.807) is 4.68 Å². The van der Waals surface area contributed by atoms with E-state index in [-0.39, 0.29) is 0 Å². The van der Waals surface area contributed by atoms with E-state index in [2.05, 4.69) is 41.2 Å². The number of rotatable bonds is 6. The van der Waals surface area contributed by atoms with Gasteiger partial charge in [0, 0.05) is 31.4 Å². The summed E-state index contributed by atoms with van der Waals surface area (Å²) >= 11 is 6.35. The first-order valence-electron chi connectivity index (χ1n) is 7.11. The molecule has 2 aromatic rings. The molecule has 0 bridgehead atoms. The van der Waals surface area contributed by atoms with Crippen LogP contribution in [0.2, 0.25) is 5.15 Å². The Balaban J connectivity index is 2.24. The quantitative estimate of drug-likeness (QED) is 0.796. The second-order valence-corrected chi connectivity index (χ2v) is 5.45. The van der Waals surface area contributed by atoms with Crippen LogP contribution in [-0.4, -0.2) is 16.3 Å². The lowest BCUT2D eigenvalue weighted by molar-refractivity contribution is 0.714. The summed E-state index contributed by atoms with van der Waals surface area (Å²) in [5, 5.41) is 5.13. The minimum Gasteiger partial charge on any atom is -0.367 e. The first-order valence-corrected chi connectivity index (χ1v) is 7.49. The van der Waals surface area contributed by atoms with Crippen LogP contribution in [-0.2, 0) is 13.6 Å². The third kappa shape index (κ3) is 3.34. The van der Waals surface area contributed by atoms with Gasteiger partial charge in [-0.15, -0.1) is 0 Å². The van der Waals surface area contributed by atoms with E-state index in [0.29, 0.717) is 0 Å². The van der Waals surface area contributed by atoms with E-state index >= 15 is 0 Å². The maximum absolute atomic E-state index is 6.35. The Bertz CT molecular complexity index is 548. The fraction of sp³-hybridized carbons (Fsp3) is 0.438. The summed E-state index contributed by atoms with van der Waals surface area (Å²) in [5.41, 5.74) is 3.37. The number of unbranched alkanes of at least 4 members (excludes halogenated alkanes) is 1. The first kappa shape index (κ1) is 14.9. The van der Waals surface area contributed by atoms with Crippen LogP contribution in [0, 0.1) is 6.92 Å². The molecule has 1 aromatic heterocycles. The largest absolute Gasteiger partial charge is 0.367 e. The molecule has 0 saturated heterocycles. The van der Waals surface area contributed by atoms with Gasteiger partial charge in [0.15, 0.2) is 0 Å². The van der Waals surface area contributed by atoms with Crippen molar-refractivity contribution in [2.45, 2.75) is 33.2 Å². The highest BCUT2D eigenvalue weighted by Crippen LogP contribution is 2.24. The molecular weight excluding hydrogens is 270 g/mol. The molecular formula is C16H22ClN3. The van der Waals surface area contributed by atoms with Crippen molar-refractivity contribution in [2.24, 2.45) is 7.05 Å². The lowest BCUT2D eigenvalue weighted by atomic mass is 10.2. The molecule has 4 heteroatoms. The second kappa shape index (κ2) is 6.80. The Morgan fingerprint density at radius 1 is 1.25 bits per heavy atom. The molecule has 1 aromatic carbocycles. The molecule has 0 aliphatic heterocycles. The Labute approximate surface area is 126 Å². The lowest BCUT2D eigenvalue weighted by Gasteiger charge is -2.24. The molecule has 0 aliphatic rings. The highest BCUT2D eigenvalue weighted by molar-refractivity contribution is 6.30. The normalized spacial score (nSPS) is 10.8. The molecule has 2 rings (SSSR count). The van der Waals surface area contributed by atoms with Crippen molar-refractivity contribution >= 4 is 17.3 Å². The van der Waals surface area contributed by atoms with Crippen LogP contribution in [0.25, 0.3) is 0 Å². The summed E-state index contributed by atoms with van der Waals surface area (Å²) in [4.78, 5) is 2.37. The van der Waals surface area contributed by atoms with Gasteiger partial charge < -0.3 is 4.90 Å². The summed E-state index contributed by atoms with van der Waals surface area (Å²) in [6.07, 6.45) is 2.36. The van der Waals surface area contributed by atoms with Gasteiger partial charge in [-0.05, 0) is 25.5 Å². The van der Waals surface area contributed by atoms with Crippen molar-refractivity contribution in [3.05, 3.63) is 46.7 Å². The summed E-state index contributed by atoms with van der Waals surface area (Å²) < 4.78 is 1.75. The zero-order valence-corrected chi connectivity index (χ0v) is 13.2. The number of benzene rings is 1. The molecule has 0 saturated carbocycles. The first-order chi connectivity index (χ1) is 9.63. The molecule has 108 valence electrons. The van der Waals surface area contributed by atoms with E-state index in [4.69, 9.17) is 11.6 Å². The molecule has 0 radical (unpaired) electrons. The van der Waals surface area contributed by atoms with E-state index in [9.17, 15) is 0 Å². The number of halogens is 1. The van der Waals surface area contributed by atoms with Gasteiger partial charge in [-0.3, -0.25) is 4.68 Å². The lowest BCUT2D eigenvalue weighted by Crippen LogP contribution is -2.24. The fourth-order valence-electron chi connectivity index (χ4n) is 2.33. The van der Waals surface area contributed by atoms with Crippen LogP contribution in [0.3, 0.4) is 0 Å². The average Bonchev–Trinajstić information content (AvgIpc) is 2.70. The smallest absolute Gasteiger partial charge is 0.131 e. The van der Waals surface area contributed by atoms with Crippen LogP contribution in [0.1, 0.15) is 31.0 Å². The van der Waals surface area contributed by atoms with Gasteiger partial charge in [0.1, 0.15) is 5.15 Å². The highest BCUT2D eigenvalue weighted by atomic mass is 35.5. The number of hydrogen-bond acceptors (Lipinski definition) is 2.